The predicted molar refractivity (Wildman–Crippen MR) is 168 cm³/mol. The van der Waals surface area contributed by atoms with E-state index in [2.05, 4.69) is 25.2 Å². The molecule has 1 aromatic carbocycles. The standard InChI is InChI=1S/C31H29F2N7O3S2/c1-19(2)30-39-27(24-8-3-5-21(36-24)18-45(41,42)29-22(32)6-4-7-23(29)33)28(44-30)25-11-12-34-31(38-25)37-20-9-10-26(35-17-20)40-13-15-43-16-14-40/h3-12,17,19H,13-16,18H2,1-2H3,(H,34,37,38). The number of hydrogen-bond acceptors (Lipinski definition) is 11. The van der Waals surface area contributed by atoms with Gasteiger partial charge in [0.15, 0.2) is 9.84 Å². The maximum Gasteiger partial charge on any atom is 0.227 e. The number of morpholine rings is 1. The molecule has 0 saturated carbocycles. The van der Waals surface area contributed by atoms with Crippen molar-refractivity contribution < 1.29 is 21.9 Å². The summed E-state index contributed by atoms with van der Waals surface area (Å²) in [5, 5.41) is 4.04. The average Bonchev–Trinajstić information content (AvgIpc) is 3.48. The Labute approximate surface area is 263 Å². The van der Waals surface area contributed by atoms with Crippen LogP contribution in [0.25, 0.3) is 22.0 Å². The van der Waals surface area contributed by atoms with E-state index in [1.165, 1.54) is 17.4 Å². The van der Waals surface area contributed by atoms with Crippen LogP contribution in [0.2, 0.25) is 0 Å². The average molecular weight is 650 g/mol. The topological polar surface area (TPSA) is 123 Å². The normalized spacial score (nSPS) is 13.8. The van der Waals surface area contributed by atoms with Crippen molar-refractivity contribution in [2.75, 3.05) is 36.5 Å². The Balaban J connectivity index is 1.29. The van der Waals surface area contributed by atoms with Crippen molar-refractivity contribution in [2.24, 2.45) is 0 Å². The molecular weight excluding hydrogens is 621 g/mol. The fourth-order valence-corrected chi connectivity index (χ4v) is 7.25. The Morgan fingerprint density at radius 2 is 1.69 bits per heavy atom. The van der Waals surface area contributed by atoms with E-state index >= 15 is 0 Å². The van der Waals surface area contributed by atoms with E-state index in [9.17, 15) is 17.2 Å². The number of ether oxygens (including phenoxy) is 1. The first-order valence-corrected chi connectivity index (χ1v) is 16.7. The van der Waals surface area contributed by atoms with E-state index in [-0.39, 0.29) is 11.6 Å². The summed E-state index contributed by atoms with van der Waals surface area (Å²) in [6.45, 7) is 6.97. The molecule has 232 valence electrons. The van der Waals surface area contributed by atoms with Gasteiger partial charge in [0.25, 0.3) is 0 Å². The van der Waals surface area contributed by atoms with Crippen LogP contribution >= 0.6 is 11.3 Å². The lowest BCUT2D eigenvalue weighted by Crippen LogP contribution is -2.36. The van der Waals surface area contributed by atoms with Gasteiger partial charge in [-0.05, 0) is 42.5 Å². The first-order valence-electron chi connectivity index (χ1n) is 14.2. The summed E-state index contributed by atoms with van der Waals surface area (Å²) >= 11 is 1.45. The summed E-state index contributed by atoms with van der Waals surface area (Å²) < 4.78 is 60.0. The van der Waals surface area contributed by atoms with E-state index in [1.807, 2.05) is 26.0 Å². The molecule has 1 aliphatic heterocycles. The number of thiazole rings is 1. The molecule has 0 aliphatic carbocycles. The summed E-state index contributed by atoms with van der Waals surface area (Å²) in [5.41, 5.74) is 2.36. The number of halogens is 2. The minimum atomic E-state index is -4.36. The number of rotatable bonds is 9. The van der Waals surface area contributed by atoms with Crippen LogP contribution in [0.1, 0.15) is 30.5 Å². The highest BCUT2D eigenvalue weighted by Gasteiger charge is 2.26. The lowest BCUT2D eigenvalue weighted by molar-refractivity contribution is 0.122. The second kappa shape index (κ2) is 12.9. The molecule has 0 bridgehead atoms. The van der Waals surface area contributed by atoms with Gasteiger partial charge in [-0.2, -0.15) is 0 Å². The quantitative estimate of drug-likeness (QED) is 0.203. The summed E-state index contributed by atoms with van der Waals surface area (Å²) in [4.78, 5) is 25.0. The zero-order valence-corrected chi connectivity index (χ0v) is 26.1. The Kier molecular flexibility index (Phi) is 8.79. The Morgan fingerprint density at radius 3 is 2.40 bits per heavy atom. The lowest BCUT2D eigenvalue weighted by Gasteiger charge is -2.27. The summed E-state index contributed by atoms with van der Waals surface area (Å²) in [5.74, 6) is -1.65. The highest BCUT2D eigenvalue weighted by molar-refractivity contribution is 7.90. The van der Waals surface area contributed by atoms with Crippen LogP contribution in [0.5, 0.6) is 0 Å². The second-order valence-corrected chi connectivity index (χ2v) is 13.6. The van der Waals surface area contributed by atoms with Crippen LogP contribution in [0, 0.1) is 11.6 Å². The molecule has 1 fully saturated rings. The molecule has 0 amide bonds. The summed E-state index contributed by atoms with van der Waals surface area (Å²) in [6.07, 6.45) is 3.37. The fourth-order valence-electron chi connectivity index (χ4n) is 4.78. The second-order valence-electron chi connectivity index (χ2n) is 10.6. The number of nitrogens with one attached hydrogen (secondary N) is 1. The molecule has 4 aromatic heterocycles. The molecule has 1 aliphatic rings. The van der Waals surface area contributed by atoms with Crippen LogP contribution in [0.4, 0.5) is 26.2 Å². The van der Waals surface area contributed by atoms with Gasteiger partial charge in [-0.1, -0.05) is 26.0 Å². The molecule has 5 heterocycles. The molecule has 6 rings (SSSR count). The number of aromatic nitrogens is 5. The number of nitrogens with zero attached hydrogens (tertiary/aromatic N) is 6. The van der Waals surface area contributed by atoms with E-state index < -0.39 is 32.1 Å². The number of benzene rings is 1. The van der Waals surface area contributed by atoms with Crippen molar-refractivity contribution in [3.8, 4) is 22.0 Å². The molecule has 0 atom stereocenters. The Hall–Kier alpha value is -4.40. The molecule has 10 nitrogen and oxygen atoms in total. The minimum absolute atomic E-state index is 0.102. The number of anilines is 3. The number of pyridine rings is 2. The highest BCUT2D eigenvalue weighted by atomic mass is 32.2. The molecule has 0 unspecified atom stereocenters. The van der Waals surface area contributed by atoms with Gasteiger partial charge in [0.05, 0.1) is 57.8 Å². The van der Waals surface area contributed by atoms with Crippen LogP contribution < -0.4 is 10.2 Å². The third-order valence-corrected chi connectivity index (χ3v) is 10.0. The van der Waals surface area contributed by atoms with Gasteiger partial charge in [0.1, 0.15) is 28.0 Å². The molecule has 14 heteroatoms. The van der Waals surface area contributed by atoms with Gasteiger partial charge in [-0.15, -0.1) is 11.3 Å². The van der Waals surface area contributed by atoms with Crippen LogP contribution in [0.3, 0.4) is 0 Å². The summed E-state index contributed by atoms with van der Waals surface area (Å²) in [6, 6.07) is 13.4. The zero-order valence-electron chi connectivity index (χ0n) is 24.4. The first kappa shape index (κ1) is 30.6. The smallest absolute Gasteiger partial charge is 0.227 e. The van der Waals surface area contributed by atoms with E-state index in [0.717, 1.165) is 52.7 Å². The van der Waals surface area contributed by atoms with Crippen LogP contribution in [0.15, 0.2) is 71.9 Å². The largest absolute Gasteiger partial charge is 0.378 e. The van der Waals surface area contributed by atoms with Gasteiger partial charge in [-0.3, -0.25) is 4.98 Å². The van der Waals surface area contributed by atoms with Crippen molar-refractivity contribution in [1.29, 1.82) is 0 Å². The number of sulfone groups is 1. The SMILES string of the molecule is CC(C)c1nc(-c2cccc(CS(=O)(=O)c3c(F)cccc3F)n2)c(-c2ccnc(Nc3ccc(N4CCOCC4)nc3)n2)s1. The van der Waals surface area contributed by atoms with Crippen molar-refractivity contribution in [3.63, 3.8) is 0 Å². The third kappa shape index (κ3) is 6.82. The van der Waals surface area contributed by atoms with Crippen molar-refractivity contribution in [3.05, 3.63) is 89.3 Å². The molecule has 0 spiro atoms. The molecule has 1 saturated heterocycles. The minimum Gasteiger partial charge on any atom is -0.378 e. The van der Waals surface area contributed by atoms with Crippen molar-refractivity contribution >= 4 is 38.6 Å². The molecule has 5 aromatic rings. The molecule has 45 heavy (non-hydrogen) atoms. The van der Waals surface area contributed by atoms with Gasteiger partial charge in [0.2, 0.25) is 5.95 Å². The van der Waals surface area contributed by atoms with E-state index in [0.29, 0.717) is 36.2 Å². The van der Waals surface area contributed by atoms with Gasteiger partial charge in [-0.25, -0.2) is 37.1 Å². The Bertz CT molecular complexity index is 1910. The molecule has 1 N–H and O–H groups in total. The van der Waals surface area contributed by atoms with Crippen LogP contribution in [-0.2, 0) is 20.3 Å². The fraction of sp³-hybridized carbons (Fsp3) is 0.258. The van der Waals surface area contributed by atoms with Crippen molar-refractivity contribution in [1.82, 2.24) is 24.9 Å². The lowest BCUT2D eigenvalue weighted by atomic mass is 10.2. The zero-order chi connectivity index (χ0) is 31.6. The van der Waals surface area contributed by atoms with Crippen LogP contribution in [-0.4, -0.2) is 59.6 Å². The summed E-state index contributed by atoms with van der Waals surface area (Å²) in [7, 11) is -4.36. The van der Waals surface area contributed by atoms with E-state index in [4.69, 9.17) is 14.7 Å². The van der Waals surface area contributed by atoms with Gasteiger partial charge >= 0.3 is 0 Å². The molecule has 0 radical (unpaired) electrons. The highest BCUT2D eigenvalue weighted by Crippen LogP contribution is 2.38. The van der Waals surface area contributed by atoms with Crippen molar-refractivity contribution in [2.45, 2.75) is 30.4 Å². The maximum absolute atomic E-state index is 14.3. The number of hydrogen-bond donors (Lipinski definition) is 1. The van der Waals surface area contributed by atoms with E-state index in [1.54, 1.807) is 30.6 Å². The maximum atomic E-state index is 14.3. The predicted octanol–water partition coefficient (Wildman–Crippen LogP) is 6.01. The third-order valence-electron chi connectivity index (χ3n) is 6.98. The first-order chi connectivity index (χ1) is 21.7. The molecular formula is C31H29F2N7O3S2. The monoisotopic (exact) mass is 649 g/mol. The van der Waals surface area contributed by atoms with Gasteiger partial charge in [0, 0.05) is 25.2 Å². The Morgan fingerprint density at radius 1 is 0.933 bits per heavy atom. The van der Waals surface area contributed by atoms with Gasteiger partial charge < -0.3 is 15.0 Å².